The van der Waals surface area contributed by atoms with Crippen molar-refractivity contribution >= 4 is 5.97 Å². The average Bonchev–Trinajstić information content (AvgIpc) is 2.48. The van der Waals surface area contributed by atoms with E-state index in [0.29, 0.717) is 17.4 Å². The van der Waals surface area contributed by atoms with Crippen molar-refractivity contribution in [2.45, 2.75) is 52.4 Å². The van der Waals surface area contributed by atoms with Crippen molar-refractivity contribution in [2.24, 2.45) is 11.8 Å². The molecule has 0 spiro atoms. The smallest absolute Gasteiger partial charge is 0.338 e. The Morgan fingerprint density at radius 2 is 1.80 bits per heavy atom. The Balaban J connectivity index is 2.07. The lowest BCUT2D eigenvalue weighted by atomic mass is 9.81. The van der Waals surface area contributed by atoms with Gasteiger partial charge in [0.25, 0.3) is 0 Å². The van der Waals surface area contributed by atoms with Crippen LogP contribution in [0.1, 0.15) is 44.5 Å². The molecule has 0 radical (unpaired) electrons. The van der Waals surface area contributed by atoms with E-state index in [1.54, 1.807) is 12.1 Å². The van der Waals surface area contributed by atoms with E-state index >= 15 is 0 Å². The van der Waals surface area contributed by atoms with Crippen LogP contribution in [-0.4, -0.2) is 24.3 Å². The molecule has 0 aromatic heterocycles. The summed E-state index contributed by atoms with van der Waals surface area (Å²) in [6, 6.07) is 9.13. The number of hydrogen-bond acceptors (Lipinski definition) is 3. The van der Waals surface area contributed by atoms with Crippen molar-refractivity contribution in [1.29, 1.82) is 0 Å². The fraction of sp³-hybridized carbons (Fsp3) is 0.588. The third-order valence-corrected chi connectivity index (χ3v) is 4.44. The number of carbonyl (C=O) groups excluding carboxylic acids is 1. The van der Waals surface area contributed by atoms with Crippen molar-refractivity contribution in [3.05, 3.63) is 35.9 Å². The van der Waals surface area contributed by atoms with E-state index in [1.165, 1.54) is 0 Å². The molecule has 1 aliphatic rings. The first-order valence-corrected chi connectivity index (χ1v) is 7.46. The Kier molecular flexibility index (Phi) is 4.81. The summed E-state index contributed by atoms with van der Waals surface area (Å²) in [7, 11) is 0. The first kappa shape index (κ1) is 15.0. The maximum absolute atomic E-state index is 12.2. The van der Waals surface area contributed by atoms with Gasteiger partial charge >= 0.3 is 5.97 Å². The Morgan fingerprint density at radius 1 is 1.15 bits per heavy atom. The van der Waals surface area contributed by atoms with Crippen molar-refractivity contribution in [3.8, 4) is 0 Å². The largest absolute Gasteiger partial charge is 0.456 e. The number of hydrogen-bond donors (Lipinski definition) is 0. The first-order chi connectivity index (χ1) is 9.54. The van der Waals surface area contributed by atoms with Gasteiger partial charge in [0.1, 0.15) is 6.10 Å². The summed E-state index contributed by atoms with van der Waals surface area (Å²) in [5.41, 5.74) is 0.595. The molecule has 1 aromatic carbocycles. The predicted octanol–water partition coefficient (Wildman–Crippen LogP) is 3.68. The van der Waals surface area contributed by atoms with Crippen LogP contribution >= 0.6 is 0 Å². The van der Waals surface area contributed by atoms with E-state index in [0.717, 1.165) is 6.42 Å². The molecule has 1 fully saturated rings. The van der Waals surface area contributed by atoms with Crippen LogP contribution < -0.4 is 0 Å². The van der Waals surface area contributed by atoms with Gasteiger partial charge in [0.2, 0.25) is 0 Å². The second kappa shape index (κ2) is 6.40. The van der Waals surface area contributed by atoms with Crippen LogP contribution in [0.5, 0.6) is 0 Å². The molecule has 0 aliphatic carbocycles. The van der Waals surface area contributed by atoms with E-state index in [9.17, 15) is 4.79 Å². The third kappa shape index (κ3) is 3.04. The zero-order valence-electron chi connectivity index (χ0n) is 12.7. The predicted molar refractivity (Wildman–Crippen MR) is 78.6 cm³/mol. The van der Waals surface area contributed by atoms with Crippen molar-refractivity contribution in [1.82, 2.24) is 0 Å². The molecule has 0 saturated carbocycles. The van der Waals surface area contributed by atoms with Crippen LogP contribution in [0.3, 0.4) is 0 Å². The molecule has 0 amide bonds. The van der Waals surface area contributed by atoms with Gasteiger partial charge < -0.3 is 9.47 Å². The zero-order valence-corrected chi connectivity index (χ0v) is 12.7. The molecule has 20 heavy (non-hydrogen) atoms. The molecule has 1 heterocycles. The van der Waals surface area contributed by atoms with E-state index in [1.807, 2.05) is 25.1 Å². The molecule has 3 nitrogen and oxygen atoms in total. The lowest BCUT2D eigenvalue weighted by Gasteiger charge is -2.43. The van der Waals surface area contributed by atoms with Gasteiger partial charge in [-0.25, -0.2) is 4.79 Å². The maximum Gasteiger partial charge on any atom is 0.338 e. The first-order valence-electron chi connectivity index (χ1n) is 7.46. The molecule has 5 unspecified atom stereocenters. The van der Waals surface area contributed by atoms with Crippen molar-refractivity contribution in [2.75, 3.05) is 0 Å². The molecular weight excluding hydrogens is 252 g/mol. The van der Waals surface area contributed by atoms with Crippen molar-refractivity contribution < 1.29 is 14.3 Å². The molecule has 0 N–H and O–H groups in total. The molecule has 110 valence electrons. The van der Waals surface area contributed by atoms with Gasteiger partial charge in [0.15, 0.2) is 0 Å². The summed E-state index contributed by atoms with van der Waals surface area (Å²) < 4.78 is 11.7. The van der Waals surface area contributed by atoms with Crippen LogP contribution in [0.4, 0.5) is 0 Å². The molecule has 0 bridgehead atoms. The number of carbonyl (C=O) groups is 1. The topological polar surface area (TPSA) is 35.5 Å². The highest BCUT2D eigenvalue weighted by Crippen LogP contribution is 2.34. The minimum absolute atomic E-state index is 0.0567. The van der Waals surface area contributed by atoms with Crippen LogP contribution in [0.2, 0.25) is 0 Å². The summed E-state index contributed by atoms with van der Waals surface area (Å²) in [6.07, 6.45) is 1.01. The lowest BCUT2D eigenvalue weighted by Crippen LogP contribution is -2.49. The molecule has 3 heteroatoms. The fourth-order valence-corrected chi connectivity index (χ4v) is 2.98. The number of benzene rings is 1. The second-order valence-corrected chi connectivity index (χ2v) is 5.74. The van der Waals surface area contributed by atoms with Gasteiger partial charge in [0.05, 0.1) is 17.8 Å². The second-order valence-electron chi connectivity index (χ2n) is 5.74. The van der Waals surface area contributed by atoms with Crippen LogP contribution in [0.15, 0.2) is 30.3 Å². The van der Waals surface area contributed by atoms with Gasteiger partial charge in [-0.3, -0.25) is 0 Å². The van der Waals surface area contributed by atoms with E-state index in [2.05, 4.69) is 20.8 Å². The molecule has 1 aliphatic heterocycles. The summed E-state index contributed by atoms with van der Waals surface area (Å²) in [5, 5.41) is 0. The number of rotatable bonds is 3. The lowest BCUT2D eigenvalue weighted by molar-refractivity contribution is -0.163. The SMILES string of the molecule is CCC1OC(C)C(OC(=O)c2ccccc2)C(C)C1C. The van der Waals surface area contributed by atoms with Gasteiger partial charge in [-0.05, 0) is 31.4 Å². The van der Waals surface area contributed by atoms with Crippen molar-refractivity contribution in [3.63, 3.8) is 0 Å². The molecule has 2 rings (SSSR count). The summed E-state index contributed by atoms with van der Waals surface area (Å²) >= 11 is 0. The average molecular weight is 276 g/mol. The van der Waals surface area contributed by atoms with E-state index in [4.69, 9.17) is 9.47 Å². The minimum atomic E-state index is -0.264. The van der Waals surface area contributed by atoms with Crippen LogP contribution in [-0.2, 0) is 9.47 Å². The van der Waals surface area contributed by atoms with Crippen LogP contribution in [0.25, 0.3) is 0 Å². The van der Waals surface area contributed by atoms with Gasteiger partial charge in [0, 0.05) is 5.92 Å². The third-order valence-electron chi connectivity index (χ3n) is 4.44. The highest BCUT2D eigenvalue weighted by atomic mass is 16.6. The normalized spacial score (nSPS) is 33.7. The highest BCUT2D eigenvalue weighted by Gasteiger charge is 2.40. The van der Waals surface area contributed by atoms with Gasteiger partial charge in [-0.15, -0.1) is 0 Å². The Morgan fingerprint density at radius 3 is 2.40 bits per heavy atom. The fourth-order valence-electron chi connectivity index (χ4n) is 2.98. The maximum atomic E-state index is 12.2. The summed E-state index contributed by atoms with van der Waals surface area (Å²) in [6.45, 7) is 8.45. The minimum Gasteiger partial charge on any atom is -0.456 e. The van der Waals surface area contributed by atoms with E-state index < -0.39 is 0 Å². The molecular formula is C17H24O3. The zero-order chi connectivity index (χ0) is 14.7. The Labute approximate surface area is 121 Å². The monoisotopic (exact) mass is 276 g/mol. The molecule has 1 aromatic rings. The summed E-state index contributed by atoms with van der Waals surface area (Å²) in [5.74, 6) is 0.432. The van der Waals surface area contributed by atoms with Crippen LogP contribution in [0, 0.1) is 11.8 Å². The Hall–Kier alpha value is -1.35. The van der Waals surface area contributed by atoms with E-state index in [-0.39, 0.29) is 24.3 Å². The number of ether oxygens (including phenoxy) is 2. The van der Waals surface area contributed by atoms with Gasteiger partial charge in [-0.2, -0.15) is 0 Å². The number of esters is 1. The standard InChI is InChI=1S/C17H24O3/c1-5-15-11(2)12(3)16(13(4)19-15)20-17(18)14-9-7-6-8-10-14/h6-13,15-16H,5H2,1-4H3. The molecule has 1 saturated heterocycles. The molecule has 5 atom stereocenters. The Bertz CT molecular complexity index is 443. The highest BCUT2D eigenvalue weighted by molar-refractivity contribution is 5.89. The quantitative estimate of drug-likeness (QED) is 0.790. The van der Waals surface area contributed by atoms with Gasteiger partial charge in [-0.1, -0.05) is 39.0 Å². The summed E-state index contributed by atoms with van der Waals surface area (Å²) in [4.78, 5) is 12.2.